The average Bonchev–Trinajstić information content (AvgIpc) is 3.01. The van der Waals surface area contributed by atoms with Gasteiger partial charge < -0.3 is 10.1 Å². The molecular formula is C18H17BrN4OS2. The van der Waals surface area contributed by atoms with Gasteiger partial charge in [-0.15, -0.1) is 21.5 Å². The number of nitrogens with one attached hydrogen (secondary N) is 1. The van der Waals surface area contributed by atoms with E-state index in [1.54, 1.807) is 23.1 Å². The predicted octanol–water partition coefficient (Wildman–Crippen LogP) is 5.76. The van der Waals surface area contributed by atoms with Crippen molar-refractivity contribution in [2.75, 3.05) is 11.1 Å². The zero-order chi connectivity index (χ0) is 17.9. The molecule has 1 N–H and O–H groups in total. The number of hydrogen-bond acceptors (Lipinski definition) is 7. The number of benzene rings is 1. The number of nitrogens with zero attached hydrogens (tertiary/aromatic N) is 3. The molecule has 1 aliphatic rings. The predicted molar refractivity (Wildman–Crippen MR) is 110 cm³/mol. The van der Waals surface area contributed by atoms with E-state index >= 15 is 0 Å². The Morgan fingerprint density at radius 3 is 2.92 bits per heavy atom. The lowest BCUT2D eigenvalue weighted by molar-refractivity contribution is 0.229. The summed E-state index contributed by atoms with van der Waals surface area (Å²) in [5, 5.41) is 12.8. The summed E-state index contributed by atoms with van der Waals surface area (Å²) in [5.74, 6) is 1.50. The molecule has 1 aromatic carbocycles. The van der Waals surface area contributed by atoms with E-state index in [-0.39, 0.29) is 6.23 Å². The summed E-state index contributed by atoms with van der Waals surface area (Å²) in [5.41, 5.74) is 2.58. The van der Waals surface area contributed by atoms with Crippen LogP contribution in [0.15, 0.2) is 45.3 Å². The summed E-state index contributed by atoms with van der Waals surface area (Å²) in [6.07, 6.45) is 1.95. The standard InChI is InChI=1S/C18H17BrN4OS2/c1-2-3-10-25-18-21-17-15(22-23-18)11-6-4-5-7-12(11)20-16(24-17)13-8-9-14(19)26-13/h4-9,16,20H,2-3,10H2,1H3/t16-/m0/s1. The molecular weight excluding hydrogens is 432 g/mol. The second-order valence-electron chi connectivity index (χ2n) is 5.78. The van der Waals surface area contributed by atoms with E-state index in [1.165, 1.54) is 0 Å². The molecule has 0 aliphatic carbocycles. The molecule has 134 valence electrons. The number of hydrogen-bond donors (Lipinski definition) is 1. The maximum atomic E-state index is 6.24. The first-order chi connectivity index (χ1) is 12.7. The smallest absolute Gasteiger partial charge is 0.247 e. The van der Waals surface area contributed by atoms with Gasteiger partial charge in [-0.3, -0.25) is 0 Å². The summed E-state index contributed by atoms with van der Waals surface area (Å²) >= 11 is 6.77. The Hall–Kier alpha value is -1.64. The summed E-state index contributed by atoms with van der Waals surface area (Å²) in [4.78, 5) is 5.71. The minimum atomic E-state index is -0.320. The molecule has 1 atom stereocenters. The van der Waals surface area contributed by atoms with E-state index in [2.05, 4.69) is 43.4 Å². The molecule has 1 aliphatic heterocycles. The van der Waals surface area contributed by atoms with E-state index in [4.69, 9.17) is 4.74 Å². The van der Waals surface area contributed by atoms with Gasteiger partial charge in [0.2, 0.25) is 17.3 Å². The van der Waals surface area contributed by atoms with Gasteiger partial charge in [0, 0.05) is 17.0 Å². The molecule has 0 saturated heterocycles. The fraction of sp³-hybridized carbons (Fsp3) is 0.278. The number of thiophene rings is 1. The third kappa shape index (κ3) is 3.72. The van der Waals surface area contributed by atoms with E-state index in [1.807, 2.05) is 36.4 Å². The van der Waals surface area contributed by atoms with Crippen LogP contribution >= 0.6 is 39.0 Å². The van der Waals surface area contributed by atoms with Gasteiger partial charge in [-0.25, -0.2) is 0 Å². The van der Waals surface area contributed by atoms with Crippen LogP contribution in [0.4, 0.5) is 5.69 Å². The van der Waals surface area contributed by atoms with E-state index in [9.17, 15) is 0 Å². The van der Waals surface area contributed by atoms with Crippen LogP contribution in [-0.2, 0) is 0 Å². The number of aromatic nitrogens is 3. The molecule has 26 heavy (non-hydrogen) atoms. The maximum absolute atomic E-state index is 6.24. The summed E-state index contributed by atoms with van der Waals surface area (Å²) in [6.45, 7) is 2.17. The fourth-order valence-corrected chi connectivity index (χ4v) is 4.88. The van der Waals surface area contributed by atoms with Gasteiger partial charge in [0.15, 0.2) is 5.69 Å². The normalized spacial score (nSPS) is 15.4. The van der Waals surface area contributed by atoms with Crippen molar-refractivity contribution in [2.24, 2.45) is 0 Å². The van der Waals surface area contributed by atoms with Crippen LogP contribution < -0.4 is 10.1 Å². The van der Waals surface area contributed by atoms with Gasteiger partial charge in [0.05, 0.1) is 8.66 Å². The molecule has 4 rings (SSSR count). The van der Waals surface area contributed by atoms with Crippen molar-refractivity contribution in [2.45, 2.75) is 31.1 Å². The van der Waals surface area contributed by atoms with E-state index in [0.29, 0.717) is 16.7 Å². The fourth-order valence-electron chi connectivity index (χ4n) is 2.61. The van der Waals surface area contributed by atoms with Crippen LogP contribution in [0.2, 0.25) is 0 Å². The van der Waals surface area contributed by atoms with Crippen LogP contribution in [0.1, 0.15) is 30.9 Å². The minimum Gasteiger partial charge on any atom is -0.447 e. The molecule has 0 radical (unpaired) electrons. The van der Waals surface area contributed by atoms with Crippen LogP contribution in [-0.4, -0.2) is 20.9 Å². The lowest BCUT2D eigenvalue weighted by Gasteiger charge is -2.17. The summed E-state index contributed by atoms with van der Waals surface area (Å²) in [6, 6.07) is 12.1. The zero-order valence-electron chi connectivity index (χ0n) is 14.1. The number of rotatable bonds is 5. The first kappa shape index (κ1) is 17.8. The molecule has 3 heterocycles. The van der Waals surface area contributed by atoms with Crippen molar-refractivity contribution in [3.63, 3.8) is 0 Å². The Morgan fingerprint density at radius 1 is 1.23 bits per heavy atom. The minimum absolute atomic E-state index is 0.320. The Kier molecular flexibility index (Phi) is 5.42. The van der Waals surface area contributed by atoms with Gasteiger partial charge in [-0.2, -0.15) is 4.98 Å². The molecule has 0 bridgehead atoms. The lowest BCUT2D eigenvalue weighted by atomic mass is 10.1. The number of anilines is 1. The van der Waals surface area contributed by atoms with Crippen LogP contribution in [0.3, 0.4) is 0 Å². The Labute approximate surface area is 168 Å². The number of para-hydroxylation sites is 1. The van der Waals surface area contributed by atoms with Crippen LogP contribution in [0.25, 0.3) is 11.3 Å². The molecule has 2 aromatic heterocycles. The second-order valence-corrected chi connectivity index (χ2v) is 9.34. The SMILES string of the molecule is CCCCSc1nnc2c(n1)O[C@@H](c1ccc(Br)s1)Nc1ccccc1-2. The van der Waals surface area contributed by atoms with Crippen molar-refractivity contribution >= 4 is 44.7 Å². The third-order valence-electron chi connectivity index (χ3n) is 3.92. The highest BCUT2D eigenvalue weighted by Crippen LogP contribution is 2.41. The zero-order valence-corrected chi connectivity index (χ0v) is 17.3. The monoisotopic (exact) mass is 448 g/mol. The Bertz CT molecular complexity index is 918. The molecule has 0 amide bonds. The van der Waals surface area contributed by atoms with Crippen molar-refractivity contribution in [3.05, 3.63) is 45.1 Å². The molecule has 0 saturated carbocycles. The first-order valence-electron chi connectivity index (χ1n) is 8.40. The Balaban J connectivity index is 1.73. The van der Waals surface area contributed by atoms with Crippen LogP contribution in [0.5, 0.6) is 5.88 Å². The van der Waals surface area contributed by atoms with Crippen molar-refractivity contribution < 1.29 is 4.74 Å². The van der Waals surface area contributed by atoms with Crippen molar-refractivity contribution in [1.29, 1.82) is 0 Å². The number of unbranched alkanes of at least 4 members (excludes halogenated alkanes) is 1. The van der Waals surface area contributed by atoms with Gasteiger partial charge in [0.25, 0.3) is 0 Å². The molecule has 5 nitrogen and oxygen atoms in total. The number of halogens is 1. The van der Waals surface area contributed by atoms with Gasteiger partial charge in [-0.1, -0.05) is 43.3 Å². The lowest BCUT2D eigenvalue weighted by Crippen LogP contribution is -2.15. The van der Waals surface area contributed by atoms with Gasteiger partial charge in [0.1, 0.15) is 0 Å². The highest BCUT2D eigenvalue weighted by molar-refractivity contribution is 9.11. The van der Waals surface area contributed by atoms with Gasteiger partial charge >= 0.3 is 0 Å². The summed E-state index contributed by atoms with van der Waals surface area (Å²) in [7, 11) is 0. The van der Waals surface area contributed by atoms with E-state index < -0.39 is 0 Å². The first-order valence-corrected chi connectivity index (χ1v) is 11.0. The highest BCUT2D eigenvalue weighted by Gasteiger charge is 2.26. The third-order valence-corrected chi connectivity index (χ3v) is 6.51. The largest absolute Gasteiger partial charge is 0.447 e. The Morgan fingerprint density at radius 2 is 2.12 bits per heavy atom. The maximum Gasteiger partial charge on any atom is 0.247 e. The number of thioether (sulfide) groups is 1. The number of fused-ring (bicyclic) bond motifs is 3. The molecule has 8 heteroatoms. The van der Waals surface area contributed by atoms with Gasteiger partial charge in [-0.05, 0) is 40.5 Å². The van der Waals surface area contributed by atoms with E-state index in [0.717, 1.165) is 38.5 Å². The van der Waals surface area contributed by atoms with Crippen molar-refractivity contribution in [3.8, 4) is 17.1 Å². The molecule has 0 unspecified atom stereocenters. The topological polar surface area (TPSA) is 59.9 Å². The second kappa shape index (κ2) is 7.94. The van der Waals surface area contributed by atoms with Crippen molar-refractivity contribution in [1.82, 2.24) is 15.2 Å². The highest BCUT2D eigenvalue weighted by atomic mass is 79.9. The summed E-state index contributed by atoms with van der Waals surface area (Å²) < 4.78 is 7.30. The average molecular weight is 449 g/mol. The molecule has 0 fully saturated rings. The molecule has 0 spiro atoms. The van der Waals surface area contributed by atoms with Crippen LogP contribution in [0, 0.1) is 0 Å². The number of ether oxygens (including phenoxy) is 1. The molecule has 3 aromatic rings. The quantitative estimate of drug-likeness (QED) is 0.395.